The van der Waals surface area contributed by atoms with Crippen molar-refractivity contribution < 1.29 is 9.53 Å². The van der Waals surface area contributed by atoms with Gasteiger partial charge in [0.25, 0.3) is 0 Å². The van der Waals surface area contributed by atoms with Gasteiger partial charge in [0.05, 0.1) is 24.9 Å². The van der Waals surface area contributed by atoms with Crippen molar-refractivity contribution in [3.05, 3.63) is 60.4 Å². The number of nitrogens with one attached hydrogen (secondary N) is 1. The number of primary amides is 1. The van der Waals surface area contributed by atoms with Crippen molar-refractivity contribution in [2.45, 2.75) is 25.3 Å². The summed E-state index contributed by atoms with van der Waals surface area (Å²) in [5.41, 5.74) is 11.1. The van der Waals surface area contributed by atoms with Crippen LogP contribution in [0.25, 0.3) is 22.2 Å². The van der Waals surface area contributed by atoms with Crippen LogP contribution in [0.3, 0.4) is 0 Å². The number of nitrogens with two attached hydrogens (primary N) is 1. The fourth-order valence-electron chi connectivity index (χ4n) is 4.79. The van der Waals surface area contributed by atoms with Crippen LogP contribution >= 0.6 is 0 Å². The Hall–Kier alpha value is -4.11. The smallest absolute Gasteiger partial charge is 0.227 e. The molecule has 0 saturated heterocycles. The minimum atomic E-state index is -0.395. The molecule has 2 aromatic heterocycles. The van der Waals surface area contributed by atoms with E-state index in [4.69, 9.17) is 15.5 Å². The van der Waals surface area contributed by atoms with Crippen LogP contribution in [0.4, 0.5) is 17.3 Å². The Labute approximate surface area is 223 Å². The molecule has 0 bridgehead atoms. The van der Waals surface area contributed by atoms with Gasteiger partial charge in [0.2, 0.25) is 11.9 Å². The first-order chi connectivity index (χ1) is 18.3. The molecule has 1 saturated carbocycles. The van der Waals surface area contributed by atoms with E-state index in [2.05, 4.69) is 55.1 Å². The first kappa shape index (κ1) is 25.5. The van der Waals surface area contributed by atoms with Crippen LogP contribution in [0.1, 0.15) is 24.4 Å². The zero-order valence-corrected chi connectivity index (χ0v) is 22.4. The second-order valence-corrected chi connectivity index (χ2v) is 10.1. The van der Waals surface area contributed by atoms with Gasteiger partial charge in [-0.2, -0.15) is 0 Å². The van der Waals surface area contributed by atoms with Crippen molar-refractivity contribution in [1.82, 2.24) is 19.4 Å². The molecule has 0 atom stereocenters. The first-order valence-corrected chi connectivity index (χ1v) is 12.9. The van der Waals surface area contributed by atoms with Gasteiger partial charge in [-0.05, 0) is 50.7 Å². The number of likely N-dealkylation sites (N-methyl/N-ethyl adjacent to an activating group) is 2. The SMILES string of the molecule is COc1cc(N(C)CCN(C)C)c(CC(N)=O)cc1Nc1nccc(-c2cn(C3CC3)c3ccccc23)n1. The van der Waals surface area contributed by atoms with Gasteiger partial charge >= 0.3 is 0 Å². The predicted molar refractivity (Wildman–Crippen MR) is 152 cm³/mol. The largest absolute Gasteiger partial charge is 0.494 e. The van der Waals surface area contributed by atoms with Crippen LogP contribution in [0.15, 0.2) is 54.9 Å². The third-order valence-corrected chi connectivity index (χ3v) is 6.92. The molecule has 1 aliphatic carbocycles. The van der Waals surface area contributed by atoms with Gasteiger partial charge in [0.1, 0.15) is 5.75 Å². The number of amides is 1. The molecule has 3 N–H and O–H groups in total. The summed E-state index contributed by atoms with van der Waals surface area (Å²) in [5, 5.41) is 4.50. The molecular formula is C29H35N7O2. The number of aromatic nitrogens is 3. The van der Waals surface area contributed by atoms with Crippen molar-refractivity contribution in [3.63, 3.8) is 0 Å². The Bertz CT molecular complexity index is 1460. The van der Waals surface area contributed by atoms with E-state index in [0.29, 0.717) is 23.4 Å². The summed E-state index contributed by atoms with van der Waals surface area (Å²) in [7, 11) is 7.69. The summed E-state index contributed by atoms with van der Waals surface area (Å²) in [6.45, 7) is 1.65. The number of anilines is 3. The Kier molecular flexibility index (Phi) is 7.20. The van der Waals surface area contributed by atoms with Gasteiger partial charge in [0.15, 0.2) is 0 Å². The van der Waals surface area contributed by atoms with Crippen LogP contribution in [-0.4, -0.2) is 66.7 Å². The molecule has 9 heteroatoms. The quantitative estimate of drug-likeness (QED) is 0.310. The van der Waals surface area contributed by atoms with E-state index >= 15 is 0 Å². The molecule has 0 unspecified atom stereocenters. The van der Waals surface area contributed by atoms with Gasteiger partial charge in [-0.25, -0.2) is 9.97 Å². The minimum Gasteiger partial charge on any atom is -0.494 e. The maximum atomic E-state index is 11.9. The number of benzene rings is 2. The van der Waals surface area contributed by atoms with E-state index in [9.17, 15) is 4.79 Å². The molecule has 9 nitrogen and oxygen atoms in total. The molecule has 0 spiro atoms. The Morgan fingerprint density at radius 3 is 2.66 bits per heavy atom. The highest BCUT2D eigenvalue weighted by atomic mass is 16.5. The number of ether oxygens (including phenoxy) is 1. The number of para-hydroxylation sites is 1. The van der Waals surface area contributed by atoms with E-state index in [1.807, 2.05) is 39.3 Å². The monoisotopic (exact) mass is 513 g/mol. The molecule has 4 aromatic rings. The van der Waals surface area contributed by atoms with Crippen molar-refractivity contribution in [1.29, 1.82) is 0 Å². The lowest BCUT2D eigenvalue weighted by Crippen LogP contribution is -2.29. The number of hydrogen-bond acceptors (Lipinski definition) is 7. The fraction of sp³-hybridized carbons (Fsp3) is 0.345. The molecular weight excluding hydrogens is 478 g/mol. The van der Waals surface area contributed by atoms with Crippen molar-refractivity contribution in [2.75, 3.05) is 51.6 Å². The molecule has 2 aromatic carbocycles. The average Bonchev–Trinajstić information content (AvgIpc) is 3.67. The predicted octanol–water partition coefficient (Wildman–Crippen LogP) is 4.21. The topological polar surface area (TPSA) is 102 Å². The molecule has 1 fully saturated rings. The summed E-state index contributed by atoms with van der Waals surface area (Å²) in [6, 6.07) is 14.8. The van der Waals surface area contributed by atoms with Crippen LogP contribution < -0.4 is 20.7 Å². The zero-order chi connectivity index (χ0) is 26.8. The number of methoxy groups -OCH3 is 1. The van der Waals surface area contributed by atoms with Crippen LogP contribution in [-0.2, 0) is 11.2 Å². The van der Waals surface area contributed by atoms with E-state index in [1.54, 1.807) is 13.3 Å². The lowest BCUT2D eigenvalue weighted by Gasteiger charge is -2.25. The second kappa shape index (κ2) is 10.7. The van der Waals surface area contributed by atoms with Gasteiger partial charge in [-0.3, -0.25) is 4.79 Å². The third kappa shape index (κ3) is 5.43. The molecule has 1 amide bonds. The van der Waals surface area contributed by atoms with Crippen molar-refractivity contribution >= 4 is 34.1 Å². The lowest BCUT2D eigenvalue weighted by atomic mass is 10.1. The molecule has 1 aliphatic rings. The molecule has 0 aliphatic heterocycles. The number of hydrogen-bond donors (Lipinski definition) is 2. The Morgan fingerprint density at radius 2 is 1.95 bits per heavy atom. The summed E-state index contributed by atoms with van der Waals surface area (Å²) in [5.74, 6) is 0.681. The number of rotatable bonds is 11. The maximum Gasteiger partial charge on any atom is 0.227 e. The third-order valence-electron chi connectivity index (χ3n) is 6.92. The number of nitrogens with zero attached hydrogens (tertiary/aromatic N) is 5. The van der Waals surface area contributed by atoms with Gasteiger partial charge in [-0.1, -0.05) is 18.2 Å². The fourth-order valence-corrected chi connectivity index (χ4v) is 4.79. The molecule has 0 radical (unpaired) electrons. The standard InChI is InChI=1S/C29H35N7O2/c1-34(2)13-14-35(3)26-17-27(38-4)24(15-19(26)16-28(30)37)33-29-31-12-11-23(32-29)22-18-36(20-9-10-20)25-8-6-5-7-21(22)25/h5-8,11-12,15,17-18,20H,9-10,13-14,16H2,1-4H3,(H2,30,37)(H,31,32,33). The highest BCUT2D eigenvalue weighted by Gasteiger charge is 2.26. The van der Waals surface area contributed by atoms with Crippen LogP contribution in [0.2, 0.25) is 0 Å². The normalized spacial score (nSPS) is 13.2. The maximum absolute atomic E-state index is 11.9. The number of carbonyl (C=O) groups is 1. The summed E-state index contributed by atoms with van der Waals surface area (Å²) >= 11 is 0. The van der Waals surface area contributed by atoms with Crippen molar-refractivity contribution in [2.24, 2.45) is 5.73 Å². The average molecular weight is 514 g/mol. The highest BCUT2D eigenvalue weighted by Crippen LogP contribution is 2.41. The Morgan fingerprint density at radius 1 is 1.16 bits per heavy atom. The number of fused-ring (bicyclic) bond motifs is 1. The minimum absolute atomic E-state index is 0.113. The van der Waals surface area contributed by atoms with E-state index in [0.717, 1.165) is 35.6 Å². The Balaban J connectivity index is 1.49. The molecule has 5 rings (SSSR count). The highest BCUT2D eigenvalue weighted by molar-refractivity contribution is 5.95. The van der Waals surface area contributed by atoms with E-state index in [-0.39, 0.29) is 6.42 Å². The van der Waals surface area contributed by atoms with Crippen LogP contribution in [0, 0.1) is 0 Å². The van der Waals surface area contributed by atoms with E-state index < -0.39 is 5.91 Å². The first-order valence-electron chi connectivity index (χ1n) is 12.9. The summed E-state index contributed by atoms with van der Waals surface area (Å²) < 4.78 is 8.09. The van der Waals surface area contributed by atoms with Gasteiger partial charge < -0.3 is 30.2 Å². The van der Waals surface area contributed by atoms with Gasteiger partial charge in [0, 0.05) is 66.8 Å². The van der Waals surface area contributed by atoms with Gasteiger partial charge in [-0.15, -0.1) is 0 Å². The zero-order valence-electron chi connectivity index (χ0n) is 22.4. The summed E-state index contributed by atoms with van der Waals surface area (Å²) in [6.07, 6.45) is 6.50. The second-order valence-electron chi connectivity index (χ2n) is 10.1. The number of carbonyl (C=O) groups excluding carboxylic acids is 1. The van der Waals surface area contributed by atoms with E-state index in [1.165, 1.54) is 23.7 Å². The van der Waals surface area contributed by atoms with Crippen LogP contribution in [0.5, 0.6) is 5.75 Å². The van der Waals surface area contributed by atoms with Crippen molar-refractivity contribution in [3.8, 4) is 17.0 Å². The molecule has 2 heterocycles. The molecule has 38 heavy (non-hydrogen) atoms. The summed E-state index contributed by atoms with van der Waals surface area (Å²) in [4.78, 5) is 25.5. The lowest BCUT2D eigenvalue weighted by molar-refractivity contribution is -0.117. The molecule has 198 valence electrons.